The molecule has 0 bridgehead atoms. The zero-order valence-electron chi connectivity index (χ0n) is 15.3. The summed E-state index contributed by atoms with van der Waals surface area (Å²) in [5, 5.41) is 2.81. The van der Waals surface area contributed by atoms with E-state index in [1.807, 2.05) is 36.0 Å². The number of amides is 3. The maximum Gasteiger partial charge on any atom is 0.321 e. The number of rotatable bonds is 3. The highest BCUT2D eigenvalue weighted by Crippen LogP contribution is 2.26. The predicted molar refractivity (Wildman–Crippen MR) is 97.8 cm³/mol. The lowest BCUT2D eigenvalue weighted by atomic mass is 9.98. The first-order valence-corrected chi connectivity index (χ1v) is 8.38. The first-order valence-electron chi connectivity index (χ1n) is 8.38. The van der Waals surface area contributed by atoms with Crippen LogP contribution in [0.25, 0.3) is 0 Å². The average Bonchev–Trinajstić information content (AvgIpc) is 2.54. The lowest BCUT2D eigenvalue weighted by Gasteiger charge is -2.31. The fourth-order valence-corrected chi connectivity index (χ4v) is 2.79. The van der Waals surface area contributed by atoms with E-state index in [0.29, 0.717) is 17.2 Å². The minimum absolute atomic E-state index is 0.0338. The van der Waals surface area contributed by atoms with Gasteiger partial charge in [0, 0.05) is 52.7 Å². The first-order chi connectivity index (χ1) is 11.3. The van der Waals surface area contributed by atoms with E-state index in [-0.39, 0.29) is 11.9 Å². The van der Waals surface area contributed by atoms with Gasteiger partial charge in [0.1, 0.15) is 0 Å². The summed E-state index contributed by atoms with van der Waals surface area (Å²) < 4.78 is 0. The van der Waals surface area contributed by atoms with E-state index in [9.17, 15) is 9.59 Å². The van der Waals surface area contributed by atoms with Crippen molar-refractivity contribution in [3.05, 3.63) is 23.8 Å². The van der Waals surface area contributed by atoms with Gasteiger partial charge in [-0.1, -0.05) is 6.92 Å². The number of nitrogens with one attached hydrogen (secondary N) is 1. The molecule has 1 saturated heterocycles. The zero-order chi connectivity index (χ0) is 17.9. The van der Waals surface area contributed by atoms with Gasteiger partial charge < -0.3 is 20.0 Å². The normalized spacial score (nSPS) is 15.1. The number of carbonyl (C=O) groups is 2. The molecule has 0 aromatic heterocycles. The first kappa shape index (κ1) is 18.1. The molecule has 0 aliphatic carbocycles. The molecule has 2 rings (SSSR count). The lowest BCUT2D eigenvalue weighted by molar-refractivity contribution is 0.0698. The van der Waals surface area contributed by atoms with Crippen molar-refractivity contribution in [3.8, 4) is 0 Å². The van der Waals surface area contributed by atoms with E-state index < -0.39 is 0 Å². The Labute approximate surface area is 144 Å². The van der Waals surface area contributed by atoms with E-state index >= 15 is 0 Å². The SMILES string of the molecule is CC1CCN(C(=O)c2cc(NC(=O)N(C)C)ccc2N(C)C)CC1. The molecular weight excluding hydrogens is 304 g/mol. The molecule has 24 heavy (non-hydrogen) atoms. The highest BCUT2D eigenvalue weighted by Gasteiger charge is 2.24. The Morgan fingerprint density at radius 2 is 1.75 bits per heavy atom. The van der Waals surface area contributed by atoms with Gasteiger partial charge in [-0.3, -0.25) is 4.79 Å². The lowest BCUT2D eigenvalue weighted by Crippen LogP contribution is -2.38. The van der Waals surface area contributed by atoms with Crippen LogP contribution >= 0.6 is 0 Å². The fraction of sp³-hybridized carbons (Fsp3) is 0.556. The molecule has 6 heteroatoms. The third-order valence-electron chi connectivity index (χ3n) is 4.44. The average molecular weight is 332 g/mol. The molecule has 0 saturated carbocycles. The monoisotopic (exact) mass is 332 g/mol. The second kappa shape index (κ2) is 7.55. The summed E-state index contributed by atoms with van der Waals surface area (Å²) >= 11 is 0. The van der Waals surface area contributed by atoms with Gasteiger partial charge in [-0.05, 0) is 37.0 Å². The minimum Gasteiger partial charge on any atom is -0.377 e. The third kappa shape index (κ3) is 4.19. The highest BCUT2D eigenvalue weighted by atomic mass is 16.2. The number of hydrogen-bond donors (Lipinski definition) is 1. The van der Waals surface area contributed by atoms with E-state index in [0.717, 1.165) is 31.6 Å². The minimum atomic E-state index is -0.210. The summed E-state index contributed by atoms with van der Waals surface area (Å²) in [4.78, 5) is 30.1. The molecule has 132 valence electrons. The molecule has 1 fully saturated rings. The number of anilines is 2. The van der Waals surface area contributed by atoms with Crippen LogP contribution in [-0.4, -0.2) is 63.0 Å². The summed E-state index contributed by atoms with van der Waals surface area (Å²) in [5.74, 6) is 0.708. The Bertz CT molecular complexity index is 605. The van der Waals surface area contributed by atoms with Crippen LogP contribution in [0.4, 0.5) is 16.2 Å². The molecule has 0 radical (unpaired) electrons. The molecule has 6 nitrogen and oxygen atoms in total. The smallest absolute Gasteiger partial charge is 0.321 e. The Balaban J connectivity index is 2.27. The fourth-order valence-electron chi connectivity index (χ4n) is 2.79. The molecule has 1 aliphatic heterocycles. The molecule has 3 amide bonds. The highest BCUT2D eigenvalue weighted by molar-refractivity contribution is 6.02. The molecule has 1 aromatic rings. The maximum absolute atomic E-state index is 13.0. The number of nitrogens with zero attached hydrogens (tertiary/aromatic N) is 3. The predicted octanol–water partition coefficient (Wildman–Crippen LogP) is 2.72. The van der Waals surface area contributed by atoms with Gasteiger partial charge in [-0.15, -0.1) is 0 Å². The number of hydrogen-bond acceptors (Lipinski definition) is 3. The molecule has 0 atom stereocenters. The summed E-state index contributed by atoms with van der Waals surface area (Å²) in [6, 6.07) is 5.27. The maximum atomic E-state index is 13.0. The van der Waals surface area contributed by atoms with Gasteiger partial charge in [0.25, 0.3) is 5.91 Å². The topological polar surface area (TPSA) is 55.9 Å². The summed E-state index contributed by atoms with van der Waals surface area (Å²) in [5.41, 5.74) is 2.13. The number of benzene rings is 1. The summed E-state index contributed by atoms with van der Waals surface area (Å²) in [6.07, 6.45) is 2.08. The Morgan fingerprint density at radius 3 is 2.29 bits per heavy atom. The van der Waals surface area contributed by atoms with Gasteiger partial charge in [0.15, 0.2) is 0 Å². The van der Waals surface area contributed by atoms with Crippen LogP contribution < -0.4 is 10.2 Å². The molecule has 1 heterocycles. The van der Waals surface area contributed by atoms with Gasteiger partial charge in [0.05, 0.1) is 5.56 Å². The molecular formula is C18H28N4O2. The van der Waals surface area contributed by atoms with Crippen molar-refractivity contribution in [2.45, 2.75) is 19.8 Å². The van der Waals surface area contributed by atoms with Gasteiger partial charge >= 0.3 is 6.03 Å². The third-order valence-corrected chi connectivity index (χ3v) is 4.44. The van der Waals surface area contributed by atoms with Crippen LogP contribution in [0.2, 0.25) is 0 Å². The van der Waals surface area contributed by atoms with Crippen molar-refractivity contribution in [2.24, 2.45) is 5.92 Å². The van der Waals surface area contributed by atoms with Crippen molar-refractivity contribution < 1.29 is 9.59 Å². The van der Waals surface area contributed by atoms with Crippen molar-refractivity contribution >= 4 is 23.3 Å². The summed E-state index contributed by atoms with van der Waals surface area (Å²) in [7, 11) is 7.21. The van der Waals surface area contributed by atoms with Crippen LogP contribution in [0, 0.1) is 5.92 Å². The van der Waals surface area contributed by atoms with E-state index in [4.69, 9.17) is 0 Å². The van der Waals surface area contributed by atoms with Gasteiger partial charge in [0.2, 0.25) is 0 Å². The van der Waals surface area contributed by atoms with Crippen LogP contribution in [0.1, 0.15) is 30.1 Å². The Morgan fingerprint density at radius 1 is 1.12 bits per heavy atom. The Kier molecular flexibility index (Phi) is 5.70. The van der Waals surface area contributed by atoms with Gasteiger partial charge in [-0.2, -0.15) is 0 Å². The molecule has 1 aliphatic rings. The van der Waals surface area contributed by atoms with Gasteiger partial charge in [-0.25, -0.2) is 4.79 Å². The second-order valence-corrected chi connectivity index (χ2v) is 6.93. The number of carbonyl (C=O) groups excluding carboxylic acids is 2. The zero-order valence-corrected chi connectivity index (χ0v) is 15.3. The number of urea groups is 1. The van der Waals surface area contributed by atoms with Crippen LogP contribution in [0.15, 0.2) is 18.2 Å². The van der Waals surface area contributed by atoms with Crippen molar-refractivity contribution in [1.29, 1.82) is 0 Å². The molecule has 0 spiro atoms. The van der Waals surface area contributed by atoms with Crippen molar-refractivity contribution in [2.75, 3.05) is 51.5 Å². The van der Waals surface area contributed by atoms with Crippen LogP contribution in [0.3, 0.4) is 0 Å². The molecule has 1 aromatic carbocycles. The molecule has 1 N–H and O–H groups in total. The second-order valence-electron chi connectivity index (χ2n) is 6.93. The quantitative estimate of drug-likeness (QED) is 0.926. The van der Waals surface area contributed by atoms with E-state index in [1.165, 1.54) is 4.90 Å². The largest absolute Gasteiger partial charge is 0.377 e. The number of likely N-dealkylation sites (tertiary alicyclic amines) is 1. The van der Waals surface area contributed by atoms with Crippen LogP contribution in [-0.2, 0) is 0 Å². The van der Waals surface area contributed by atoms with Crippen molar-refractivity contribution in [1.82, 2.24) is 9.80 Å². The molecule has 0 unspecified atom stereocenters. The van der Waals surface area contributed by atoms with E-state index in [2.05, 4.69) is 12.2 Å². The van der Waals surface area contributed by atoms with Crippen LogP contribution in [0.5, 0.6) is 0 Å². The summed E-state index contributed by atoms with van der Waals surface area (Å²) in [6.45, 7) is 3.81. The number of piperidine rings is 1. The Hall–Kier alpha value is -2.24. The standard InChI is InChI=1S/C18H28N4O2/c1-13-8-10-22(11-9-13)17(23)15-12-14(19-18(24)21(4)5)6-7-16(15)20(2)3/h6-7,12-13H,8-11H2,1-5H3,(H,19,24). The van der Waals surface area contributed by atoms with Crippen molar-refractivity contribution in [3.63, 3.8) is 0 Å². The van der Waals surface area contributed by atoms with E-state index in [1.54, 1.807) is 20.2 Å².